The summed E-state index contributed by atoms with van der Waals surface area (Å²) in [7, 11) is 0. The lowest BCUT2D eigenvalue weighted by Crippen LogP contribution is -2.45. The van der Waals surface area contributed by atoms with Crippen LogP contribution in [0, 0.1) is 5.41 Å². The molecule has 1 aromatic rings. The number of carboxylic acids is 1. The number of nitrogens with zero attached hydrogens (tertiary/aromatic N) is 2. The number of rotatable bonds is 6. The largest absolute Gasteiger partial charge is 0.481 e. The number of alkyl halides is 2. The van der Waals surface area contributed by atoms with Gasteiger partial charge >= 0.3 is 5.97 Å². The maximum Gasteiger partial charge on any atom is 0.309 e. The van der Waals surface area contributed by atoms with Gasteiger partial charge < -0.3 is 5.11 Å². The van der Waals surface area contributed by atoms with Crippen LogP contribution in [0.5, 0.6) is 0 Å². The zero-order valence-corrected chi connectivity index (χ0v) is 13.1. The molecule has 0 aromatic carbocycles. The highest BCUT2D eigenvalue weighted by Gasteiger charge is 2.43. The fraction of sp³-hybridized carbons (Fsp3) is 0.750. The number of halogens is 2. The number of carbonyl (C=O) groups is 1. The molecule has 1 saturated carbocycles. The Hall–Kier alpha value is -1.50. The maximum absolute atomic E-state index is 12.7. The van der Waals surface area contributed by atoms with Crippen molar-refractivity contribution in [2.75, 3.05) is 13.1 Å². The molecule has 0 amide bonds. The second kappa shape index (κ2) is 6.55. The van der Waals surface area contributed by atoms with E-state index in [1.54, 1.807) is 0 Å². The smallest absolute Gasteiger partial charge is 0.309 e. The number of piperidine rings is 1. The quantitative estimate of drug-likeness (QED) is 0.843. The first-order valence-corrected chi connectivity index (χ1v) is 8.27. The Morgan fingerprint density at radius 3 is 2.65 bits per heavy atom. The van der Waals surface area contributed by atoms with Crippen LogP contribution in [0.2, 0.25) is 0 Å². The van der Waals surface area contributed by atoms with Crippen molar-refractivity contribution in [1.82, 2.24) is 15.1 Å². The van der Waals surface area contributed by atoms with E-state index in [0.717, 1.165) is 11.4 Å². The minimum Gasteiger partial charge on any atom is -0.481 e. The Morgan fingerprint density at radius 1 is 1.43 bits per heavy atom. The number of carboxylic acid groups (broad SMARTS) is 1. The predicted molar refractivity (Wildman–Crippen MR) is 80.4 cm³/mol. The molecule has 2 aliphatic rings. The van der Waals surface area contributed by atoms with Crippen LogP contribution >= 0.6 is 0 Å². The minimum atomic E-state index is -2.57. The van der Waals surface area contributed by atoms with Gasteiger partial charge in [0, 0.05) is 24.6 Å². The number of hydrogen-bond acceptors (Lipinski definition) is 3. The van der Waals surface area contributed by atoms with Gasteiger partial charge in [-0.15, -0.1) is 0 Å². The summed E-state index contributed by atoms with van der Waals surface area (Å²) in [6.07, 6.45) is 1.08. The number of aliphatic carboxylic acids is 1. The number of nitrogens with one attached hydrogen (secondary N) is 1. The van der Waals surface area contributed by atoms with Crippen molar-refractivity contribution in [3.05, 3.63) is 17.5 Å². The molecule has 1 saturated heterocycles. The number of hydrogen-bond donors (Lipinski definition) is 2. The summed E-state index contributed by atoms with van der Waals surface area (Å²) in [5, 5.41) is 16.7. The van der Waals surface area contributed by atoms with Gasteiger partial charge in [0.2, 0.25) is 6.43 Å². The van der Waals surface area contributed by atoms with Crippen molar-refractivity contribution in [3.63, 3.8) is 0 Å². The summed E-state index contributed by atoms with van der Waals surface area (Å²) >= 11 is 0. The van der Waals surface area contributed by atoms with Crippen molar-refractivity contribution in [2.45, 2.75) is 57.4 Å². The highest BCUT2D eigenvalue weighted by Crippen LogP contribution is 2.38. The molecule has 5 nitrogen and oxygen atoms in total. The van der Waals surface area contributed by atoms with E-state index in [4.69, 9.17) is 0 Å². The maximum atomic E-state index is 12.7. The summed E-state index contributed by atoms with van der Waals surface area (Å²) in [6, 6.07) is 2.09. The van der Waals surface area contributed by atoms with Crippen molar-refractivity contribution in [2.24, 2.45) is 5.41 Å². The van der Waals surface area contributed by atoms with Gasteiger partial charge in [-0.05, 0) is 44.8 Å². The molecule has 2 fully saturated rings. The summed E-state index contributed by atoms with van der Waals surface area (Å²) in [4.78, 5) is 13.5. The van der Waals surface area contributed by atoms with Crippen LogP contribution in [-0.2, 0) is 11.3 Å². The van der Waals surface area contributed by atoms with Gasteiger partial charge in [-0.2, -0.15) is 5.10 Å². The third-order valence-corrected chi connectivity index (χ3v) is 5.38. The van der Waals surface area contributed by atoms with Gasteiger partial charge in [0.05, 0.1) is 11.1 Å². The third kappa shape index (κ3) is 3.54. The zero-order chi connectivity index (χ0) is 16.4. The fourth-order valence-electron chi connectivity index (χ4n) is 3.55. The van der Waals surface area contributed by atoms with Gasteiger partial charge in [0.15, 0.2) is 0 Å². The Balaban J connectivity index is 1.55. The molecular weight excluding hydrogens is 304 g/mol. The van der Waals surface area contributed by atoms with Crippen molar-refractivity contribution >= 4 is 5.97 Å². The Kier molecular flexibility index (Phi) is 4.66. The number of H-pyrrole nitrogens is 1. The van der Waals surface area contributed by atoms with Gasteiger partial charge in [0.1, 0.15) is 0 Å². The highest BCUT2D eigenvalue weighted by atomic mass is 19.3. The Labute approximate surface area is 134 Å². The molecule has 7 heteroatoms. The van der Waals surface area contributed by atoms with Crippen molar-refractivity contribution in [1.29, 1.82) is 0 Å². The molecule has 1 aromatic heterocycles. The monoisotopic (exact) mass is 327 g/mol. The van der Waals surface area contributed by atoms with E-state index in [9.17, 15) is 18.7 Å². The van der Waals surface area contributed by atoms with Gasteiger partial charge in [0.25, 0.3) is 0 Å². The van der Waals surface area contributed by atoms with Crippen LogP contribution < -0.4 is 0 Å². The molecular formula is C16H23F2N3O2. The fourth-order valence-corrected chi connectivity index (χ4v) is 3.55. The van der Waals surface area contributed by atoms with Gasteiger partial charge in [-0.1, -0.05) is 6.42 Å². The van der Waals surface area contributed by atoms with Crippen molar-refractivity contribution in [3.8, 4) is 0 Å². The summed E-state index contributed by atoms with van der Waals surface area (Å²) in [5.74, 6) is -0.515. The molecule has 0 unspecified atom stereocenters. The normalized spacial score (nSPS) is 22.2. The van der Waals surface area contributed by atoms with Crippen molar-refractivity contribution < 1.29 is 18.7 Å². The average Bonchev–Trinajstić information content (AvgIpc) is 2.86. The minimum absolute atomic E-state index is 0.274. The Morgan fingerprint density at radius 2 is 2.13 bits per heavy atom. The third-order valence-electron chi connectivity index (χ3n) is 5.38. The molecule has 1 aliphatic heterocycles. The van der Waals surface area contributed by atoms with E-state index in [0.29, 0.717) is 25.6 Å². The zero-order valence-electron chi connectivity index (χ0n) is 13.1. The van der Waals surface area contributed by atoms with E-state index < -0.39 is 24.2 Å². The molecule has 0 radical (unpaired) electrons. The topological polar surface area (TPSA) is 69.2 Å². The second-order valence-corrected chi connectivity index (χ2v) is 6.90. The molecule has 0 spiro atoms. The second-order valence-electron chi connectivity index (χ2n) is 6.90. The SMILES string of the molecule is O=C(O)C1(CC(F)F)CCN(Cc2cc(C3CCC3)n[nH]2)CC1. The van der Waals surface area contributed by atoms with Crippen LogP contribution in [0.3, 0.4) is 0 Å². The lowest BCUT2D eigenvalue weighted by molar-refractivity contribution is -0.155. The van der Waals surface area contributed by atoms with Crippen LogP contribution in [0.25, 0.3) is 0 Å². The van der Waals surface area contributed by atoms with Gasteiger partial charge in [-0.3, -0.25) is 14.8 Å². The van der Waals surface area contributed by atoms with E-state index >= 15 is 0 Å². The van der Waals surface area contributed by atoms with E-state index in [1.807, 2.05) is 0 Å². The number of likely N-dealkylation sites (tertiary alicyclic amines) is 1. The van der Waals surface area contributed by atoms with E-state index in [1.165, 1.54) is 19.3 Å². The van der Waals surface area contributed by atoms with Crippen LogP contribution in [0.1, 0.15) is 55.8 Å². The molecule has 0 atom stereocenters. The summed E-state index contributed by atoms with van der Waals surface area (Å²) in [6.45, 7) is 1.72. The first-order chi connectivity index (χ1) is 11.0. The highest BCUT2D eigenvalue weighted by molar-refractivity contribution is 5.74. The van der Waals surface area contributed by atoms with E-state index in [-0.39, 0.29) is 12.8 Å². The summed E-state index contributed by atoms with van der Waals surface area (Å²) < 4.78 is 25.4. The molecule has 128 valence electrons. The first kappa shape index (κ1) is 16.4. The number of aromatic amines is 1. The Bertz CT molecular complexity index is 549. The lowest BCUT2D eigenvalue weighted by Gasteiger charge is -2.38. The average molecular weight is 327 g/mol. The van der Waals surface area contributed by atoms with Crippen LogP contribution in [0.4, 0.5) is 8.78 Å². The van der Waals surface area contributed by atoms with Gasteiger partial charge in [-0.25, -0.2) is 8.78 Å². The molecule has 2 heterocycles. The molecule has 0 bridgehead atoms. The molecule has 2 N–H and O–H groups in total. The molecule has 3 rings (SSSR count). The molecule has 23 heavy (non-hydrogen) atoms. The lowest BCUT2D eigenvalue weighted by atomic mass is 9.75. The molecule has 1 aliphatic carbocycles. The van der Waals surface area contributed by atoms with Crippen LogP contribution in [0.15, 0.2) is 6.07 Å². The standard InChI is InChI=1S/C16H23F2N3O2/c17-14(18)9-16(15(22)23)4-6-21(7-5-16)10-12-8-13(20-19-12)11-2-1-3-11/h8,11,14H,1-7,9-10H2,(H,19,20)(H,22,23). The van der Waals surface area contributed by atoms with E-state index in [2.05, 4.69) is 21.2 Å². The van der Waals surface area contributed by atoms with Crippen LogP contribution in [-0.4, -0.2) is 45.7 Å². The number of aromatic nitrogens is 2. The first-order valence-electron chi connectivity index (χ1n) is 8.27. The predicted octanol–water partition coefficient (Wildman–Crippen LogP) is 3.00. The summed E-state index contributed by atoms with van der Waals surface area (Å²) in [5.41, 5.74) is 0.861.